The number of nitrogens with one attached hydrogen (secondary N) is 1. The van der Waals surface area contributed by atoms with Crippen LogP contribution < -0.4 is 16.0 Å². The number of carbonyl (C=O) groups excluding carboxylic acids is 1. The Bertz CT molecular complexity index is 933. The molecule has 1 aliphatic rings. The highest BCUT2D eigenvalue weighted by Crippen LogP contribution is 2.30. The minimum absolute atomic E-state index is 0.0810. The van der Waals surface area contributed by atoms with Crippen LogP contribution in [0, 0.1) is 0 Å². The van der Waals surface area contributed by atoms with Gasteiger partial charge in [0.2, 0.25) is 10.0 Å². The number of sulfonamides is 1. The van der Waals surface area contributed by atoms with Gasteiger partial charge in [0.15, 0.2) is 6.61 Å². The van der Waals surface area contributed by atoms with Crippen LogP contribution in [0.1, 0.15) is 11.1 Å². The van der Waals surface area contributed by atoms with Crippen molar-refractivity contribution in [1.29, 1.82) is 0 Å². The first-order valence-corrected chi connectivity index (χ1v) is 9.72. The first kappa shape index (κ1) is 18.7. The minimum Gasteiger partial charge on any atom is -0.482 e. The second-order valence-corrected chi connectivity index (χ2v) is 8.15. The summed E-state index contributed by atoms with van der Waals surface area (Å²) in [5, 5.41) is 0.105. The number of carbonyl (C=O) groups is 1. The molecule has 1 amide bonds. The molecule has 2 aromatic carbocycles. The van der Waals surface area contributed by atoms with E-state index in [1.165, 1.54) is 28.1 Å². The monoisotopic (exact) mass is 395 g/mol. The van der Waals surface area contributed by atoms with Gasteiger partial charge in [0.05, 0.1) is 9.92 Å². The highest BCUT2D eigenvalue weighted by molar-refractivity contribution is 7.89. The van der Waals surface area contributed by atoms with Gasteiger partial charge in [-0.05, 0) is 35.7 Å². The first-order valence-electron chi connectivity index (χ1n) is 7.90. The van der Waals surface area contributed by atoms with E-state index in [-0.39, 0.29) is 22.3 Å². The van der Waals surface area contributed by atoms with Crippen molar-refractivity contribution in [2.45, 2.75) is 17.9 Å². The quantitative estimate of drug-likeness (QED) is 0.453. The number of amides is 1. The SMILES string of the molecule is NNC(=O)COc1ccc(S(=O)(=O)N2CCc3ccccc3C2)cc1Cl. The zero-order valence-electron chi connectivity index (χ0n) is 13.8. The lowest BCUT2D eigenvalue weighted by atomic mass is 10.0. The number of fused-ring (bicyclic) bond motifs is 1. The van der Waals surface area contributed by atoms with Crippen LogP contribution in [0.4, 0.5) is 0 Å². The van der Waals surface area contributed by atoms with Crippen molar-refractivity contribution in [3.05, 3.63) is 58.6 Å². The number of rotatable bonds is 5. The molecule has 0 aromatic heterocycles. The molecule has 7 nitrogen and oxygen atoms in total. The van der Waals surface area contributed by atoms with E-state index in [1.807, 2.05) is 29.7 Å². The molecule has 0 saturated heterocycles. The second-order valence-electron chi connectivity index (χ2n) is 5.81. The van der Waals surface area contributed by atoms with Crippen molar-refractivity contribution in [3.63, 3.8) is 0 Å². The van der Waals surface area contributed by atoms with Crippen LogP contribution in [0.2, 0.25) is 5.02 Å². The zero-order chi connectivity index (χ0) is 18.7. The molecule has 9 heteroatoms. The van der Waals surface area contributed by atoms with Crippen LogP contribution in [0.5, 0.6) is 5.75 Å². The predicted octanol–water partition coefficient (Wildman–Crippen LogP) is 1.46. The van der Waals surface area contributed by atoms with Crippen LogP contribution in [-0.4, -0.2) is 31.8 Å². The van der Waals surface area contributed by atoms with Crippen molar-refractivity contribution in [3.8, 4) is 5.75 Å². The molecule has 1 aliphatic heterocycles. The number of nitrogens with zero attached hydrogens (tertiary/aromatic N) is 1. The summed E-state index contributed by atoms with van der Waals surface area (Å²) in [4.78, 5) is 11.2. The number of hydrogen-bond acceptors (Lipinski definition) is 5. The van der Waals surface area contributed by atoms with Gasteiger partial charge in [0.25, 0.3) is 5.91 Å². The molecule has 26 heavy (non-hydrogen) atoms. The molecular weight excluding hydrogens is 378 g/mol. The molecule has 0 bridgehead atoms. The van der Waals surface area contributed by atoms with Crippen LogP contribution in [0.15, 0.2) is 47.4 Å². The summed E-state index contributed by atoms with van der Waals surface area (Å²) in [6.07, 6.45) is 0.665. The Hall–Kier alpha value is -2.13. The van der Waals surface area contributed by atoms with Gasteiger partial charge in [0, 0.05) is 13.1 Å². The number of ether oxygens (including phenoxy) is 1. The van der Waals surface area contributed by atoms with Crippen LogP contribution in [0.25, 0.3) is 0 Å². The average molecular weight is 396 g/mol. The molecule has 138 valence electrons. The van der Waals surface area contributed by atoms with E-state index in [0.717, 1.165) is 5.56 Å². The van der Waals surface area contributed by atoms with Gasteiger partial charge in [-0.15, -0.1) is 0 Å². The Morgan fingerprint density at radius 1 is 1.23 bits per heavy atom. The highest BCUT2D eigenvalue weighted by atomic mass is 35.5. The maximum Gasteiger partial charge on any atom is 0.271 e. The fourth-order valence-corrected chi connectivity index (χ4v) is 4.51. The molecule has 0 atom stereocenters. The van der Waals surface area contributed by atoms with E-state index >= 15 is 0 Å². The first-order chi connectivity index (χ1) is 12.4. The van der Waals surface area contributed by atoms with E-state index in [0.29, 0.717) is 19.5 Å². The molecule has 0 aliphatic carbocycles. The van der Waals surface area contributed by atoms with E-state index < -0.39 is 15.9 Å². The van der Waals surface area contributed by atoms with Gasteiger partial charge in [-0.25, -0.2) is 14.3 Å². The number of benzene rings is 2. The Labute approximate surface area is 156 Å². The van der Waals surface area contributed by atoms with Crippen molar-refractivity contribution < 1.29 is 17.9 Å². The molecule has 3 N–H and O–H groups in total. The summed E-state index contributed by atoms with van der Waals surface area (Å²) < 4.78 is 32.5. The molecule has 0 fully saturated rings. The Morgan fingerprint density at radius 3 is 2.65 bits per heavy atom. The average Bonchev–Trinajstić information content (AvgIpc) is 2.66. The van der Waals surface area contributed by atoms with Gasteiger partial charge in [0.1, 0.15) is 5.75 Å². The third-order valence-electron chi connectivity index (χ3n) is 4.16. The topological polar surface area (TPSA) is 102 Å². The van der Waals surface area contributed by atoms with Crippen molar-refractivity contribution in [1.82, 2.24) is 9.73 Å². The lowest BCUT2D eigenvalue weighted by Gasteiger charge is -2.28. The van der Waals surface area contributed by atoms with Gasteiger partial charge < -0.3 is 4.74 Å². The molecule has 0 unspecified atom stereocenters. The van der Waals surface area contributed by atoms with Crippen LogP contribution in [-0.2, 0) is 27.8 Å². The molecule has 0 spiro atoms. The Morgan fingerprint density at radius 2 is 1.96 bits per heavy atom. The van der Waals surface area contributed by atoms with E-state index in [2.05, 4.69) is 0 Å². The number of nitrogens with two attached hydrogens (primary N) is 1. The number of halogens is 1. The van der Waals surface area contributed by atoms with Gasteiger partial charge in [-0.2, -0.15) is 4.31 Å². The minimum atomic E-state index is -3.69. The predicted molar refractivity (Wildman–Crippen MR) is 97.0 cm³/mol. The lowest BCUT2D eigenvalue weighted by Crippen LogP contribution is -2.36. The van der Waals surface area contributed by atoms with Gasteiger partial charge in [-0.3, -0.25) is 10.2 Å². The van der Waals surface area contributed by atoms with E-state index in [9.17, 15) is 13.2 Å². The standard InChI is InChI=1S/C17H18ClN3O4S/c18-15-9-14(5-6-16(15)25-11-17(22)20-19)26(23,24)21-8-7-12-3-1-2-4-13(12)10-21/h1-6,9H,7-8,10-11,19H2,(H,20,22). The second kappa shape index (κ2) is 7.63. The Kier molecular flexibility index (Phi) is 5.47. The largest absolute Gasteiger partial charge is 0.482 e. The summed E-state index contributed by atoms with van der Waals surface area (Å²) in [6.45, 7) is 0.419. The molecule has 2 aromatic rings. The van der Waals surface area contributed by atoms with Crippen molar-refractivity contribution in [2.24, 2.45) is 5.84 Å². The fraction of sp³-hybridized carbons (Fsp3) is 0.235. The van der Waals surface area contributed by atoms with Crippen molar-refractivity contribution >= 4 is 27.5 Å². The maximum absolute atomic E-state index is 12.9. The zero-order valence-corrected chi connectivity index (χ0v) is 15.4. The van der Waals surface area contributed by atoms with Crippen molar-refractivity contribution in [2.75, 3.05) is 13.2 Å². The van der Waals surface area contributed by atoms with Gasteiger partial charge in [-0.1, -0.05) is 35.9 Å². The summed E-state index contributed by atoms with van der Waals surface area (Å²) in [7, 11) is -3.69. The highest BCUT2D eigenvalue weighted by Gasteiger charge is 2.28. The summed E-state index contributed by atoms with van der Waals surface area (Å²) in [6, 6.07) is 12.0. The summed E-state index contributed by atoms with van der Waals surface area (Å²) in [5.74, 6) is 4.66. The molecule has 1 heterocycles. The normalized spacial score (nSPS) is 14.5. The van der Waals surface area contributed by atoms with Crippen LogP contribution in [0.3, 0.4) is 0 Å². The summed E-state index contributed by atoms with van der Waals surface area (Å²) >= 11 is 6.11. The molecule has 3 rings (SSSR count). The smallest absolute Gasteiger partial charge is 0.271 e. The third kappa shape index (κ3) is 3.83. The lowest BCUT2D eigenvalue weighted by molar-refractivity contribution is -0.123. The van der Waals surface area contributed by atoms with E-state index in [4.69, 9.17) is 22.2 Å². The molecule has 0 saturated carbocycles. The maximum atomic E-state index is 12.9. The molecular formula is C17H18ClN3O4S. The fourth-order valence-electron chi connectivity index (χ4n) is 2.77. The third-order valence-corrected chi connectivity index (χ3v) is 6.29. The van der Waals surface area contributed by atoms with Gasteiger partial charge >= 0.3 is 0 Å². The van der Waals surface area contributed by atoms with Crippen LogP contribution >= 0.6 is 11.6 Å². The Balaban J connectivity index is 1.80. The number of hydrogen-bond donors (Lipinski definition) is 2. The molecule has 0 radical (unpaired) electrons. The number of hydrazine groups is 1. The summed E-state index contributed by atoms with van der Waals surface area (Å²) in [5.41, 5.74) is 4.10. The van der Waals surface area contributed by atoms with E-state index in [1.54, 1.807) is 0 Å².